The molecule has 1 saturated carbocycles. The zero-order valence-corrected chi connectivity index (χ0v) is 14.0. The minimum absolute atomic E-state index is 0.0423. The molecule has 1 aromatic rings. The molecule has 2 amide bonds. The molecule has 1 atom stereocenters. The maximum absolute atomic E-state index is 12.7. The molecule has 6 nitrogen and oxygen atoms in total. The second-order valence-electron chi connectivity index (χ2n) is 6.72. The summed E-state index contributed by atoms with van der Waals surface area (Å²) in [5.74, 6) is 0.654. The highest BCUT2D eigenvalue weighted by Gasteiger charge is 2.29. The van der Waals surface area contributed by atoms with Gasteiger partial charge in [0.05, 0.1) is 12.7 Å². The number of urea groups is 1. The summed E-state index contributed by atoms with van der Waals surface area (Å²) < 4.78 is 5.83. The predicted octanol–water partition coefficient (Wildman–Crippen LogP) is 1.96. The van der Waals surface area contributed by atoms with Crippen molar-refractivity contribution in [2.75, 3.05) is 45.2 Å². The number of nitrogens with zero attached hydrogens (tertiary/aromatic N) is 3. The molecule has 0 spiro atoms. The van der Waals surface area contributed by atoms with Crippen LogP contribution in [-0.4, -0.2) is 66.8 Å². The Balaban J connectivity index is 1.61. The quantitative estimate of drug-likeness (QED) is 0.902. The summed E-state index contributed by atoms with van der Waals surface area (Å²) >= 11 is 0. The lowest BCUT2D eigenvalue weighted by Crippen LogP contribution is -2.49. The molecule has 0 unspecified atom stereocenters. The van der Waals surface area contributed by atoms with Gasteiger partial charge < -0.3 is 19.9 Å². The Labute approximate surface area is 137 Å². The van der Waals surface area contributed by atoms with Gasteiger partial charge in [-0.25, -0.2) is 4.79 Å². The number of carbonyl (C=O) groups is 1. The molecule has 3 rings (SSSR count). The summed E-state index contributed by atoms with van der Waals surface area (Å²) in [7, 11) is 2.10. The van der Waals surface area contributed by atoms with E-state index in [1.54, 1.807) is 6.20 Å². The Kier molecular flexibility index (Phi) is 5.13. The molecule has 23 heavy (non-hydrogen) atoms. The summed E-state index contributed by atoms with van der Waals surface area (Å²) in [6.07, 6.45) is 4.26. The van der Waals surface area contributed by atoms with Gasteiger partial charge in [-0.1, -0.05) is 0 Å². The van der Waals surface area contributed by atoms with E-state index >= 15 is 0 Å². The van der Waals surface area contributed by atoms with E-state index in [1.165, 1.54) is 12.8 Å². The fourth-order valence-electron chi connectivity index (χ4n) is 2.90. The molecule has 1 aliphatic carbocycles. The van der Waals surface area contributed by atoms with Gasteiger partial charge in [-0.3, -0.25) is 4.98 Å². The van der Waals surface area contributed by atoms with Crippen LogP contribution in [-0.2, 0) is 4.74 Å². The van der Waals surface area contributed by atoms with Crippen LogP contribution in [0.1, 0.15) is 18.5 Å². The number of hydrogen-bond acceptors (Lipinski definition) is 4. The van der Waals surface area contributed by atoms with E-state index in [2.05, 4.69) is 22.2 Å². The van der Waals surface area contributed by atoms with Crippen LogP contribution >= 0.6 is 0 Å². The topological polar surface area (TPSA) is 57.7 Å². The van der Waals surface area contributed by atoms with Crippen LogP contribution in [0.5, 0.6) is 0 Å². The Bertz CT molecular complexity index is 547. The zero-order valence-electron chi connectivity index (χ0n) is 14.0. The molecule has 0 aromatic carbocycles. The van der Waals surface area contributed by atoms with E-state index in [1.807, 2.05) is 24.0 Å². The third kappa shape index (κ3) is 4.91. The number of aromatic nitrogens is 1. The molecule has 0 radical (unpaired) electrons. The highest BCUT2D eigenvalue weighted by molar-refractivity contribution is 5.89. The molecule has 126 valence electrons. The number of hydrogen-bond donors (Lipinski definition) is 1. The standard InChI is InChI=1S/C17H26N4O2/c1-13-9-15(5-6-18-13)19-17(22)21(10-14-3-4-14)12-16-11-20(2)7-8-23-16/h5-6,9,14,16H,3-4,7-8,10-12H2,1-2H3,(H,18,19,22)/t16-/m0/s1. The van der Waals surface area contributed by atoms with Crippen LogP contribution in [0.3, 0.4) is 0 Å². The first-order valence-corrected chi connectivity index (χ1v) is 8.39. The molecule has 6 heteroatoms. The van der Waals surface area contributed by atoms with Gasteiger partial charge in [-0.15, -0.1) is 0 Å². The van der Waals surface area contributed by atoms with Crippen LogP contribution in [0.15, 0.2) is 18.3 Å². The van der Waals surface area contributed by atoms with Gasteiger partial charge in [0.1, 0.15) is 0 Å². The number of ether oxygens (including phenoxy) is 1. The maximum atomic E-state index is 12.7. The van der Waals surface area contributed by atoms with Crippen molar-refractivity contribution in [1.82, 2.24) is 14.8 Å². The number of anilines is 1. The lowest BCUT2D eigenvalue weighted by atomic mass is 10.2. The van der Waals surface area contributed by atoms with Gasteiger partial charge in [0, 0.05) is 43.8 Å². The first kappa shape index (κ1) is 16.2. The maximum Gasteiger partial charge on any atom is 0.321 e. The third-order valence-corrected chi connectivity index (χ3v) is 4.38. The van der Waals surface area contributed by atoms with Gasteiger partial charge in [0.25, 0.3) is 0 Å². The molecule has 2 fully saturated rings. The summed E-state index contributed by atoms with van der Waals surface area (Å²) in [5.41, 5.74) is 1.69. The number of pyridine rings is 1. The Morgan fingerprint density at radius 1 is 1.48 bits per heavy atom. The predicted molar refractivity (Wildman–Crippen MR) is 89.5 cm³/mol. The molecular weight excluding hydrogens is 292 g/mol. The average molecular weight is 318 g/mol. The van der Waals surface area contributed by atoms with Crippen molar-refractivity contribution in [2.24, 2.45) is 5.92 Å². The Morgan fingerprint density at radius 3 is 3.00 bits per heavy atom. The van der Waals surface area contributed by atoms with E-state index in [4.69, 9.17) is 4.74 Å². The van der Waals surface area contributed by atoms with Gasteiger partial charge in [-0.05, 0) is 44.9 Å². The second-order valence-corrected chi connectivity index (χ2v) is 6.72. The lowest BCUT2D eigenvalue weighted by Gasteiger charge is -2.34. The van der Waals surface area contributed by atoms with Crippen molar-refractivity contribution < 1.29 is 9.53 Å². The number of rotatable bonds is 5. The smallest absolute Gasteiger partial charge is 0.321 e. The monoisotopic (exact) mass is 318 g/mol. The number of carbonyl (C=O) groups excluding carboxylic acids is 1. The van der Waals surface area contributed by atoms with Crippen molar-refractivity contribution in [1.29, 1.82) is 0 Å². The largest absolute Gasteiger partial charge is 0.374 e. The van der Waals surface area contributed by atoms with Crippen molar-refractivity contribution in [3.05, 3.63) is 24.0 Å². The van der Waals surface area contributed by atoms with E-state index < -0.39 is 0 Å². The van der Waals surface area contributed by atoms with Gasteiger partial charge in [-0.2, -0.15) is 0 Å². The molecule has 1 N–H and O–H groups in total. The molecule has 2 heterocycles. The third-order valence-electron chi connectivity index (χ3n) is 4.38. The molecular formula is C17H26N4O2. The lowest BCUT2D eigenvalue weighted by molar-refractivity contribution is -0.0302. The first-order valence-electron chi connectivity index (χ1n) is 8.39. The van der Waals surface area contributed by atoms with E-state index in [0.717, 1.165) is 37.6 Å². The van der Waals surface area contributed by atoms with Gasteiger partial charge >= 0.3 is 6.03 Å². The molecule has 0 bridgehead atoms. The zero-order chi connectivity index (χ0) is 16.2. The molecule has 1 aromatic heterocycles. The van der Waals surface area contributed by atoms with E-state index in [9.17, 15) is 4.79 Å². The van der Waals surface area contributed by atoms with Crippen LogP contribution in [0, 0.1) is 12.8 Å². The second kappa shape index (κ2) is 7.27. The highest BCUT2D eigenvalue weighted by Crippen LogP contribution is 2.30. The highest BCUT2D eigenvalue weighted by atomic mass is 16.5. The van der Waals surface area contributed by atoms with Crippen molar-refractivity contribution >= 4 is 11.7 Å². The summed E-state index contributed by atoms with van der Waals surface area (Å²) in [5, 5.41) is 2.99. The minimum atomic E-state index is -0.0423. The summed E-state index contributed by atoms with van der Waals surface area (Å²) in [4.78, 5) is 21.0. The Morgan fingerprint density at radius 2 is 2.30 bits per heavy atom. The fraction of sp³-hybridized carbons (Fsp3) is 0.647. The summed E-state index contributed by atoms with van der Waals surface area (Å²) in [6.45, 7) is 5.97. The van der Waals surface area contributed by atoms with E-state index in [0.29, 0.717) is 12.5 Å². The van der Waals surface area contributed by atoms with Crippen LogP contribution < -0.4 is 5.32 Å². The fourth-order valence-corrected chi connectivity index (χ4v) is 2.90. The molecule has 2 aliphatic rings. The normalized spacial score (nSPS) is 21.9. The van der Waals surface area contributed by atoms with Gasteiger partial charge in [0.15, 0.2) is 0 Å². The number of aryl methyl sites for hydroxylation is 1. The van der Waals surface area contributed by atoms with Crippen LogP contribution in [0.25, 0.3) is 0 Å². The first-order chi connectivity index (χ1) is 11.1. The van der Waals surface area contributed by atoms with Crippen LogP contribution in [0.4, 0.5) is 10.5 Å². The minimum Gasteiger partial charge on any atom is -0.374 e. The van der Waals surface area contributed by atoms with Crippen molar-refractivity contribution in [3.8, 4) is 0 Å². The molecule has 1 saturated heterocycles. The number of nitrogens with one attached hydrogen (secondary N) is 1. The van der Waals surface area contributed by atoms with Crippen molar-refractivity contribution in [2.45, 2.75) is 25.9 Å². The summed E-state index contributed by atoms with van der Waals surface area (Å²) in [6, 6.07) is 3.67. The average Bonchev–Trinajstić information content (AvgIpc) is 3.31. The number of amides is 2. The number of likely N-dealkylation sites (N-methyl/N-ethyl adjacent to an activating group) is 1. The SMILES string of the molecule is Cc1cc(NC(=O)N(CC2CC2)C[C@@H]2CN(C)CCO2)ccn1. The van der Waals surface area contributed by atoms with Crippen LogP contribution in [0.2, 0.25) is 0 Å². The Hall–Kier alpha value is -1.66. The molecule has 1 aliphatic heterocycles. The van der Waals surface area contributed by atoms with E-state index in [-0.39, 0.29) is 12.1 Å². The van der Waals surface area contributed by atoms with Crippen molar-refractivity contribution in [3.63, 3.8) is 0 Å². The van der Waals surface area contributed by atoms with Gasteiger partial charge in [0.2, 0.25) is 0 Å². The number of morpholine rings is 1.